The van der Waals surface area contributed by atoms with Gasteiger partial charge in [0.25, 0.3) is 5.91 Å². The van der Waals surface area contributed by atoms with Crippen LogP contribution >= 0.6 is 0 Å². The van der Waals surface area contributed by atoms with Gasteiger partial charge in [0, 0.05) is 5.56 Å². The van der Waals surface area contributed by atoms with Gasteiger partial charge in [-0.15, -0.1) is 0 Å². The lowest BCUT2D eigenvalue weighted by Crippen LogP contribution is -2.38. The molecule has 2 aromatic rings. The summed E-state index contributed by atoms with van der Waals surface area (Å²) < 4.78 is 5.52. The summed E-state index contributed by atoms with van der Waals surface area (Å²) in [5.74, 6) is 0.260. The van der Waals surface area contributed by atoms with E-state index in [9.17, 15) is 9.59 Å². The van der Waals surface area contributed by atoms with Crippen LogP contribution in [0.3, 0.4) is 0 Å². The quantitative estimate of drug-likeness (QED) is 0.767. The maximum atomic E-state index is 11.9. The SMILES string of the molecule is Cc1ccc(OCCNC(=O)CNC(=O)c2cccc(C)c2)cc1. The van der Waals surface area contributed by atoms with Crippen molar-refractivity contribution in [3.63, 3.8) is 0 Å². The van der Waals surface area contributed by atoms with Crippen molar-refractivity contribution < 1.29 is 14.3 Å². The predicted molar refractivity (Wildman–Crippen MR) is 93.2 cm³/mol. The van der Waals surface area contributed by atoms with Crippen molar-refractivity contribution in [2.24, 2.45) is 0 Å². The summed E-state index contributed by atoms with van der Waals surface area (Å²) in [6, 6.07) is 14.9. The van der Waals surface area contributed by atoms with Gasteiger partial charge in [-0.2, -0.15) is 0 Å². The number of hydrogen-bond donors (Lipinski definition) is 2. The molecule has 0 spiro atoms. The zero-order valence-corrected chi connectivity index (χ0v) is 14.0. The van der Waals surface area contributed by atoms with Crippen LogP contribution in [-0.2, 0) is 4.79 Å². The second-order valence-corrected chi connectivity index (χ2v) is 5.56. The Hall–Kier alpha value is -2.82. The maximum absolute atomic E-state index is 11.9. The molecule has 5 nitrogen and oxygen atoms in total. The van der Waals surface area contributed by atoms with Gasteiger partial charge in [-0.25, -0.2) is 0 Å². The minimum absolute atomic E-state index is 0.0582. The number of nitrogens with one attached hydrogen (secondary N) is 2. The Bertz CT molecular complexity index is 696. The topological polar surface area (TPSA) is 67.4 Å². The minimum atomic E-state index is -0.259. The van der Waals surface area contributed by atoms with Crippen LogP contribution in [0, 0.1) is 13.8 Å². The summed E-state index contributed by atoms with van der Waals surface area (Å²) in [7, 11) is 0. The summed E-state index contributed by atoms with van der Waals surface area (Å²) in [5.41, 5.74) is 2.71. The number of carbonyl (C=O) groups excluding carboxylic acids is 2. The average molecular weight is 326 g/mol. The molecule has 2 N–H and O–H groups in total. The first kappa shape index (κ1) is 17.5. The van der Waals surface area contributed by atoms with E-state index in [1.807, 2.05) is 50.2 Å². The van der Waals surface area contributed by atoms with Crippen LogP contribution in [0.25, 0.3) is 0 Å². The summed E-state index contributed by atoms with van der Waals surface area (Å²) in [6.07, 6.45) is 0. The van der Waals surface area contributed by atoms with Crippen LogP contribution in [0.4, 0.5) is 0 Å². The van der Waals surface area contributed by atoms with E-state index in [0.717, 1.165) is 11.3 Å². The van der Waals surface area contributed by atoms with Gasteiger partial charge in [-0.1, -0.05) is 35.4 Å². The third-order valence-corrected chi connectivity index (χ3v) is 3.40. The summed E-state index contributed by atoms with van der Waals surface area (Å²) in [5, 5.41) is 5.30. The van der Waals surface area contributed by atoms with Gasteiger partial charge in [0.05, 0.1) is 13.1 Å². The number of ether oxygens (including phenoxy) is 1. The van der Waals surface area contributed by atoms with Crippen LogP contribution in [-0.4, -0.2) is 31.5 Å². The van der Waals surface area contributed by atoms with Crippen molar-refractivity contribution in [3.8, 4) is 5.75 Å². The van der Waals surface area contributed by atoms with E-state index in [1.54, 1.807) is 12.1 Å². The second kappa shape index (κ2) is 8.72. The van der Waals surface area contributed by atoms with Crippen molar-refractivity contribution in [1.29, 1.82) is 0 Å². The molecule has 0 fully saturated rings. The summed E-state index contributed by atoms with van der Waals surface area (Å²) >= 11 is 0. The van der Waals surface area contributed by atoms with Gasteiger partial charge in [0.2, 0.25) is 5.91 Å². The minimum Gasteiger partial charge on any atom is -0.492 e. The van der Waals surface area contributed by atoms with E-state index in [1.165, 1.54) is 5.56 Å². The molecule has 5 heteroatoms. The first-order valence-corrected chi connectivity index (χ1v) is 7.85. The maximum Gasteiger partial charge on any atom is 0.251 e. The Morgan fingerprint density at radius 3 is 2.42 bits per heavy atom. The molecule has 0 heterocycles. The zero-order valence-electron chi connectivity index (χ0n) is 14.0. The lowest BCUT2D eigenvalue weighted by atomic mass is 10.1. The molecule has 2 amide bonds. The monoisotopic (exact) mass is 326 g/mol. The first-order valence-electron chi connectivity index (χ1n) is 7.85. The molecule has 0 bridgehead atoms. The molecule has 0 unspecified atom stereocenters. The highest BCUT2D eigenvalue weighted by Gasteiger charge is 2.07. The number of carbonyl (C=O) groups is 2. The molecule has 2 rings (SSSR count). The van der Waals surface area contributed by atoms with E-state index in [0.29, 0.717) is 18.7 Å². The van der Waals surface area contributed by atoms with Crippen LogP contribution in [0.1, 0.15) is 21.5 Å². The summed E-state index contributed by atoms with van der Waals surface area (Å²) in [6.45, 7) is 4.62. The molecule has 24 heavy (non-hydrogen) atoms. The van der Waals surface area contributed by atoms with Crippen molar-refractivity contribution in [1.82, 2.24) is 10.6 Å². The van der Waals surface area contributed by atoms with Crippen LogP contribution in [0.5, 0.6) is 5.75 Å². The van der Waals surface area contributed by atoms with E-state index in [4.69, 9.17) is 4.74 Å². The predicted octanol–water partition coefficient (Wildman–Crippen LogP) is 2.23. The molecule has 0 saturated heterocycles. The molecule has 0 saturated carbocycles. The van der Waals surface area contributed by atoms with E-state index >= 15 is 0 Å². The highest BCUT2D eigenvalue weighted by molar-refractivity contribution is 5.96. The van der Waals surface area contributed by atoms with Gasteiger partial charge in [-0.3, -0.25) is 9.59 Å². The molecular weight excluding hydrogens is 304 g/mol. The van der Waals surface area contributed by atoms with Gasteiger partial charge < -0.3 is 15.4 Å². The molecule has 0 aliphatic rings. The first-order chi connectivity index (χ1) is 11.5. The van der Waals surface area contributed by atoms with Crippen LogP contribution < -0.4 is 15.4 Å². The van der Waals surface area contributed by atoms with E-state index in [2.05, 4.69) is 10.6 Å². The Kier molecular flexibility index (Phi) is 6.37. The Labute approximate surface area is 142 Å². The normalized spacial score (nSPS) is 10.1. The van der Waals surface area contributed by atoms with Crippen molar-refractivity contribution in [2.45, 2.75) is 13.8 Å². The Morgan fingerprint density at radius 2 is 1.71 bits per heavy atom. The van der Waals surface area contributed by atoms with Crippen LogP contribution in [0.15, 0.2) is 48.5 Å². The molecule has 0 atom stereocenters. The Balaban J connectivity index is 1.64. The smallest absolute Gasteiger partial charge is 0.251 e. The van der Waals surface area contributed by atoms with Crippen LogP contribution in [0.2, 0.25) is 0 Å². The lowest BCUT2D eigenvalue weighted by Gasteiger charge is -2.09. The van der Waals surface area contributed by atoms with Gasteiger partial charge in [-0.05, 0) is 38.1 Å². The van der Waals surface area contributed by atoms with Crippen molar-refractivity contribution in [3.05, 3.63) is 65.2 Å². The number of rotatable bonds is 7. The standard InChI is InChI=1S/C19H22N2O3/c1-14-6-8-17(9-7-14)24-11-10-20-18(22)13-21-19(23)16-5-3-4-15(2)12-16/h3-9,12H,10-11,13H2,1-2H3,(H,20,22)(H,21,23). The molecule has 0 radical (unpaired) electrons. The average Bonchev–Trinajstić information content (AvgIpc) is 2.58. The van der Waals surface area contributed by atoms with Crippen molar-refractivity contribution in [2.75, 3.05) is 19.7 Å². The fourth-order valence-electron chi connectivity index (χ4n) is 2.11. The number of benzene rings is 2. The largest absolute Gasteiger partial charge is 0.492 e. The fraction of sp³-hybridized carbons (Fsp3) is 0.263. The Morgan fingerprint density at radius 1 is 0.958 bits per heavy atom. The number of aryl methyl sites for hydroxylation is 2. The van der Waals surface area contributed by atoms with E-state index < -0.39 is 0 Å². The fourth-order valence-corrected chi connectivity index (χ4v) is 2.11. The second-order valence-electron chi connectivity index (χ2n) is 5.56. The van der Waals surface area contributed by atoms with Gasteiger partial charge >= 0.3 is 0 Å². The highest BCUT2D eigenvalue weighted by atomic mass is 16.5. The molecule has 2 aromatic carbocycles. The lowest BCUT2D eigenvalue weighted by molar-refractivity contribution is -0.120. The highest BCUT2D eigenvalue weighted by Crippen LogP contribution is 2.10. The number of hydrogen-bond acceptors (Lipinski definition) is 3. The molecular formula is C19H22N2O3. The van der Waals surface area contributed by atoms with Crippen molar-refractivity contribution >= 4 is 11.8 Å². The van der Waals surface area contributed by atoms with E-state index in [-0.39, 0.29) is 18.4 Å². The molecule has 0 aliphatic carbocycles. The zero-order chi connectivity index (χ0) is 17.4. The third kappa shape index (κ3) is 5.76. The van der Waals surface area contributed by atoms with Gasteiger partial charge in [0.15, 0.2) is 0 Å². The molecule has 0 aromatic heterocycles. The molecule has 0 aliphatic heterocycles. The summed E-state index contributed by atoms with van der Waals surface area (Å²) in [4.78, 5) is 23.6. The number of amides is 2. The van der Waals surface area contributed by atoms with Gasteiger partial charge in [0.1, 0.15) is 12.4 Å². The third-order valence-electron chi connectivity index (χ3n) is 3.40. The molecule has 126 valence electrons.